The number of carbonyl (C=O) groups excluding carboxylic acids is 1. The Morgan fingerprint density at radius 2 is 2.05 bits per heavy atom. The van der Waals surface area contributed by atoms with Crippen LogP contribution in [0.15, 0.2) is 29.3 Å². The molecule has 1 amide bonds. The highest BCUT2D eigenvalue weighted by molar-refractivity contribution is 5.92. The van der Waals surface area contributed by atoms with Crippen LogP contribution in [0, 0.1) is 0 Å². The van der Waals surface area contributed by atoms with Gasteiger partial charge < -0.3 is 20.9 Å². The smallest absolute Gasteiger partial charge is 0.238 e. The van der Waals surface area contributed by atoms with E-state index >= 15 is 0 Å². The number of anilines is 1. The quantitative estimate of drug-likeness (QED) is 0.547. The minimum absolute atomic E-state index is 0.0209. The van der Waals surface area contributed by atoms with E-state index in [4.69, 9.17) is 0 Å². The van der Waals surface area contributed by atoms with Gasteiger partial charge in [0.05, 0.1) is 6.54 Å². The Hall–Kier alpha value is -2.08. The van der Waals surface area contributed by atoms with Crippen molar-refractivity contribution in [2.24, 2.45) is 4.99 Å². The Kier molecular flexibility index (Phi) is 7.39. The molecule has 0 bridgehead atoms. The molecule has 0 aromatic heterocycles. The Morgan fingerprint density at radius 3 is 2.64 bits per heavy atom. The number of rotatable bonds is 6. The molecule has 6 nitrogen and oxygen atoms in total. The van der Waals surface area contributed by atoms with Crippen LogP contribution in [0.25, 0.3) is 0 Å². The molecule has 0 aliphatic rings. The number of benzene rings is 1. The van der Waals surface area contributed by atoms with Crippen molar-refractivity contribution < 1.29 is 4.79 Å². The number of nitrogens with one attached hydrogen (secondary N) is 3. The van der Waals surface area contributed by atoms with Crippen LogP contribution in [0.2, 0.25) is 0 Å². The molecule has 0 fully saturated rings. The average Bonchev–Trinajstić information content (AvgIpc) is 2.42. The monoisotopic (exact) mass is 305 g/mol. The maximum atomic E-state index is 11.8. The molecule has 0 saturated heterocycles. The van der Waals surface area contributed by atoms with E-state index in [2.05, 4.69) is 34.8 Å². The summed E-state index contributed by atoms with van der Waals surface area (Å²) < 4.78 is 0. The SMILES string of the molecule is CN=C(NCc1cccc(NC(=O)CN(C)C)c1)NC(C)C. The summed E-state index contributed by atoms with van der Waals surface area (Å²) in [6.45, 7) is 5.14. The number of hydrogen-bond acceptors (Lipinski definition) is 3. The van der Waals surface area contributed by atoms with Crippen LogP contribution in [-0.4, -0.2) is 50.5 Å². The van der Waals surface area contributed by atoms with Crippen LogP contribution in [0.5, 0.6) is 0 Å². The molecule has 0 aliphatic heterocycles. The molecule has 0 spiro atoms. The van der Waals surface area contributed by atoms with Crippen molar-refractivity contribution >= 4 is 17.6 Å². The maximum absolute atomic E-state index is 11.8. The standard InChI is InChI=1S/C16H27N5O/c1-12(2)19-16(17-3)18-10-13-7-6-8-14(9-13)20-15(22)11-21(4)5/h6-9,12H,10-11H2,1-5H3,(H,20,22)(H2,17,18,19). The summed E-state index contributed by atoms with van der Waals surface area (Å²) in [4.78, 5) is 17.8. The number of carbonyl (C=O) groups is 1. The average molecular weight is 305 g/mol. The lowest BCUT2D eigenvalue weighted by Crippen LogP contribution is -2.40. The van der Waals surface area contributed by atoms with Crippen LogP contribution < -0.4 is 16.0 Å². The van der Waals surface area contributed by atoms with E-state index in [1.807, 2.05) is 43.3 Å². The predicted octanol–water partition coefficient (Wildman–Crippen LogP) is 1.26. The largest absolute Gasteiger partial charge is 0.354 e. The van der Waals surface area contributed by atoms with E-state index < -0.39 is 0 Å². The summed E-state index contributed by atoms with van der Waals surface area (Å²) in [5.41, 5.74) is 1.88. The summed E-state index contributed by atoms with van der Waals surface area (Å²) in [6.07, 6.45) is 0. The first-order valence-corrected chi connectivity index (χ1v) is 7.41. The molecule has 3 N–H and O–H groups in total. The van der Waals surface area contributed by atoms with E-state index in [0.717, 1.165) is 17.2 Å². The molecule has 0 unspecified atom stereocenters. The summed E-state index contributed by atoms with van der Waals surface area (Å²) in [5, 5.41) is 9.37. The molecule has 0 aliphatic carbocycles. The fraction of sp³-hybridized carbons (Fsp3) is 0.500. The molecule has 1 rings (SSSR count). The minimum Gasteiger partial charge on any atom is -0.354 e. The van der Waals surface area contributed by atoms with E-state index in [-0.39, 0.29) is 5.91 Å². The van der Waals surface area contributed by atoms with Gasteiger partial charge in [0.15, 0.2) is 5.96 Å². The third kappa shape index (κ3) is 7.08. The summed E-state index contributed by atoms with van der Waals surface area (Å²) in [6, 6.07) is 8.11. The number of aliphatic imine (C=N–C) groups is 1. The van der Waals surface area contributed by atoms with Crippen LogP contribution >= 0.6 is 0 Å². The van der Waals surface area contributed by atoms with Gasteiger partial charge in [-0.1, -0.05) is 12.1 Å². The Bertz CT molecular complexity index is 511. The molecule has 1 aromatic carbocycles. The second-order valence-corrected chi connectivity index (χ2v) is 5.71. The second kappa shape index (κ2) is 9.04. The van der Waals surface area contributed by atoms with Gasteiger partial charge >= 0.3 is 0 Å². The zero-order valence-electron chi connectivity index (χ0n) is 14.1. The lowest BCUT2D eigenvalue weighted by Gasteiger charge is -2.15. The summed E-state index contributed by atoms with van der Waals surface area (Å²) in [5.74, 6) is 0.740. The van der Waals surface area contributed by atoms with Crippen molar-refractivity contribution in [2.75, 3.05) is 33.0 Å². The maximum Gasteiger partial charge on any atom is 0.238 e. The Morgan fingerprint density at radius 1 is 1.32 bits per heavy atom. The molecule has 0 heterocycles. The first-order chi connectivity index (χ1) is 10.4. The van der Waals surface area contributed by atoms with Crippen molar-refractivity contribution in [3.8, 4) is 0 Å². The first-order valence-electron chi connectivity index (χ1n) is 7.41. The molecular weight excluding hydrogens is 278 g/mol. The Balaban J connectivity index is 2.59. The first kappa shape index (κ1) is 18.0. The molecular formula is C16H27N5O. The topological polar surface area (TPSA) is 68.8 Å². The normalized spacial score (nSPS) is 11.7. The van der Waals surface area contributed by atoms with Gasteiger partial charge in [0, 0.05) is 25.3 Å². The van der Waals surface area contributed by atoms with Crippen LogP contribution in [0.4, 0.5) is 5.69 Å². The van der Waals surface area contributed by atoms with Crippen molar-refractivity contribution in [2.45, 2.75) is 26.4 Å². The zero-order valence-corrected chi connectivity index (χ0v) is 14.1. The van der Waals surface area contributed by atoms with Crippen molar-refractivity contribution in [3.63, 3.8) is 0 Å². The van der Waals surface area contributed by atoms with Crippen molar-refractivity contribution in [1.82, 2.24) is 15.5 Å². The number of nitrogens with zero attached hydrogens (tertiary/aromatic N) is 2. The van der Waals surface area contributed by atoms with E-state index in [0.29, 0.717) is 19.1 Å². The highest BCUT2D eigenvalue weighted by Gasteiger charge is 2.05. The highest BCUT2D eigenvalue weighted by Crippen LogP contribution is 2.10. The van der Waals surface area contributed by atoms with Crippen LogP contribution in [-0.2, 0) is 11.3 Å². The van der Waals surface area contributed by atoms with E-state index in [1.165, 1.54) is 0 Å². The van der Waals surface area contributed by atoms with Crippen molar-refractivity contribution in [3.05, 3.63) is 29.8 Å². The molecule has 122 valence electrons. The van der Waals surface area contributed by atoms with Gasteiger partial charge in [-0.15, -0.1) is 0 Å². The van der Waals surface area contributed by atoms with Gasteiger partial charge in [0.1, 0.15) is 0 Å². The molecule has 0 radical (unpaired) electrons. The van der Waals surface area contributed by atoms with Gasteiger partial charge in [0.25, 0.3) is 0 Å². The number of amides is 1. The van der Waals surface area contributed by atoms with Gasteiger partial charge in [-0.05, 0) is 45.6 Å². The van der Waals surface area contributed by atoms with Gasteiger partial charge in [-0.3, -0.25) is 9.79 Å². The predicted molar refractivity (Wildman–Crippen MR) is 92.1 cm³/mol. The molecule has 6 heteroatoms. The molecule has 1 aromatic rings. The van der Waals surface area contributed by atoms with Gasteiger partial charge in [0.2, 0.25) is 5.91 Å². The Labute approximate surface area is 133 Å². The fourth-order valence-corrected chi connectivity index (χ4v) is 1.90. The van der Waals surface area contributed by atoms with Gasteiger partial charge in [-0.25, -0.2) is 0 Å². The second-order valence-electron chi connectivity index (χ2n) is 5.71. The molecule has 22 heavy (non-hydrogen) atoms. The van der Waals surface area contributed by atoms with E-state index in [1.54, 1.807) is 7.05 Å². The molecule has 0 atom stereocenters. The lowest BCUT2D eigenvalue weighted by atomic mass is 10.2. The summed E-state index contributed by atoms with van der Waals surface area (Å²) in [7, 11) is 5.48. The van der Waals surface area contributed by atoms with Gasteiger partial charge in [-0.2, -0.15) is 0 Å². The number of guanidine groups is 1. The van der Waals surface area contributed by atoms with Crippen LogP contribution in [0.3, 0.4) is 0 Å². The minimum atomic E-state index is -0.0209. The van der Waals surface area contributed by atoms with Crippen molar-refractivity contribution in [1.29, 1.82) is 0 Å². The third-order valence-corrected chi connectivity index (χ3v) is 2.78. The fourth-order valence-electron chi connectivity index (χ4n) is 1.90. The highest BCUT2D eigenvalue weighted by atomic mass is 16.2. The number of hydrogen-bond donors (Lipinski definition) is 3. The van der Waals surface area contributed by atoms with Crippen LogP contribution in [0.1, 0.15) is 19.4 Å². The zero-order chi connectivity index (χ0) is 16.5. The molecule has 0 saturated carbocycles. The number of likely N-dealkylation sites (N-methyl/N-ethyl adjacent to an activating group) is 1. The third-order valence-electron chi connectivity index (χ3n) is 2.78. The van der Waals surface area contributed by atoms with E-state index in [9.17, 15) is 4.79 Å². The lowest BCUT2D eigenvalue weighted by molar-refractivity contribution is -0.116. The summed E-state index contributed by atoms with van der Waals surface area (Å²) >= 11 is 0.